The Kier molecular flexibility index (Phi) is 5.29. The maximum atomic E-state index is 5.95. The monoisotopic (exact) mass is 311 g/mol. The summed E-state index contributed by atoms with van der Waals surface area (Å²) in [5.41, 5.74) is 6.95. The van der Waals surface area contributed by atoms with E-state index in [9.17, 15) is 0 Å². The lowest BCUT2D eigenvalue weighted by molar-refractivity contribution is 0.412. The van der Waals surface area contributed by atoms with Crippen molar-refractivity contribution in [2.24, 2.45) is 10.7 Å². The van der Waals surface area contributed by atoms with Gasteiger partial charge in [-0.15, -0.1) is 0 Å². The van der Waals surface area contributed by atoms with Crippen molar-refractivity contribution >= 4 is 22.7 Å². The Balaban J connectivity index is 1.45. The van der Waals surface area contributed by atoms with Gasteiger partial charge >= 0.3 is 0 Å². The number of para-hydroxylation sites is 1. The van der Waals surface area contributed by atoms with Crippen molar-refractivity contribution in [3.8, 4) is 0 Å². The molecule has 0 unspecified atom stereocenters. The molecule has 0 spiro atoms. The van der Waals surface area contributed by atoms with Crippen LogP contribution < -0.4 is 16.4 Å². The van der Waals surface area contributed by atoms with Gasteiger partial charge in [-0.05, 0) is 31.0 Å². The Morgan fingerprint density at radius 2 is 1.96 bits per heavy atom. The van der Waals surface area contributed by atoms with Gasteiger partial charge in [0.25, 0.3) is 0 Å². The molecule has 1 aromatic heterocycles. The number of aliphatic imine (C=N–C) groups is 1. The van der Waals surface area contributed by atoms with Gasteiger partial charge in [0.1, 0.15) is 5.82 Å². The summed E-state index contributed by atoms with van der Waals surface area (Å²) in [5.74, 6) is 1.43. The van der Waals surface area contributed by atoms with Gasteiger partial charge in [0.05, 0.1) is 12.1 Å². The first-order valence-corrected chi connectivity index (χ1v) is 8.47. The molecule has 3 rings (SSSR count). The molecule has 122 valence electrons. The minimum Gasteiger partial charge on any atom is -0.370 e. The molecule has 0 amide bonds. The summed E-state index contributed by atoms with van der Waals surface area (Å²) in [6, 6.07) is 12.7. The van der Waals surface area contributed by atoms with Gasteiger partial charge in [0.15, 0.2) is 5.96 Å². The van der Waals surface area contributed by atoms with E-state index >= 15 is 0 Å². The van der Waals surface area contributed by atoms with Crippen LogP contribution in [-0.2, 0) is 0 Å². The summed E-state index contributed by atoms with van der Waals surface area (Å²) in [6.07, 6.45) is 6.34. The number of benzene rings is 1. The topological polar surface area (TPSA) is 75.3 Å². The number of nitrogens with zero attached hydrogens (tertiary/aromatic N) is 2. The van der Waals surface area contributed by atoms with Gasteiger partial charge in [0.2, 0.25) is 0 Å². The molecule has 0 aliphatic heterocycles. The van der Waals surface area contributed by atoms with Crippen molar-refractivity contribution in [3.05, 3.63) is 36.4 Å². The van der Waals surface area contributed by atoms with Crippen molar-refractivity contribution < 1.29 is 0 Å². The van der Waals surface area contributed by atoms with Gasteiger partial charge in [-0.2, -0.15) is 0 Å². The second-order valence-electron chi connectivity index (χ2n) is 6.06. The molecular weight excluding hydrogens is 286 g/mol. The van der Waals surface area contributed by atoms with Crippen molar-refractivity contribution in [2.45, 2.75) is 38.1 Å². The summed E-state index contributed by atoms with van der Waals surface area (Å²) >= 11 is 0. The molecule has 0 saturated heterocycles. The van der Waals surface area contributed by atoms with Crippen LogP contribution in [0.4, 0.5) is 5.82 Å². The smallest absolute Gasteiger partial charge is 0.188 e. The Morgan fingerprint density at radius 1 is 1.13 bits per heavy atom. The Labute approximate surface area is 137 Å². The number of anilines is 1. The lowest BCUT2D eigenvalue weighted by atomic mass is 9.96. The summed E-state index contributed by atoms with van der Waals surface area (Å²) in [4.78, 5) is 8.97. The highest BCUT2D eigenvalue weighted by Gasteiger charge is 2.12. The summed E-state index contributed by atoms with van der Waals surface area (Å²) in [5, 5.41) is 7.77. The van der Waals surface area contributed by atoms with Crippen LogP contribution in [0.1, 0.15) is 32.1 Å². The molecule has 0 radical (unpaired) electrons. The number of nitrogens with one attached hydrogen (secondary N) is 2. The van der Waals surface area contributed by atoms with E-state index in [-0.39, 0.29) is 0 Å². The quantitative estimate of drug-likeness (QED) is 0.451. The van der Waals surface area contributed by atoms with Gasteiger partial charge in [-0.3, -0.25) is 4.99 Å². The number of hydrogen-bond donors (Lipinski definition) is 3. The van der Waals surface area contributed by atoms with Crippen LogP contribution in [-0.4, -0.2) is 30.1 Å². The van der Waals surface area contributed by atoms with Gasteiger partial charge < -0.3 is 16.4 Å². The first kappa shape index (κ1) is 15.6. The van der Waals surface area contributed by atoms with Crippen LogP contribution in [0, 0.1) is 0 Å². The fraction of sp³-hybridized carbons (Fsp3) is 0.444. The third-order valence-corrected chi connectivity index (χ3v) is 4.26. The predicted molar refractivity (Wildman–Crippen MR) is 96.7 cm³/mol. The Bertz CT molecular complexity index is 661. The summed E-state index contributed by atoms with van der Waals surface area (Å²) in [6.45, 7) is 1.36. The van der Waals surface area contributed by atoms with E-state index in [2.05, 4.69) is 32.7 Å². The van der Waals surface area contributed by atoms with Crippen molar-refractivity contribution in [2.75, 3.05) is 18.4 Å². The number of guanidine groups is 1. The van der Waals surface area contributed by atoms with Gasteiger partial charge in [0, 0.05) is 18.0 Å². The Hall–Kier alpha value is -2.30. The van der Waals surface area contributed by atoms with E-state index in [0.717, 1.165) is 23.3 Å². The second-order valence-corrected chi connectivity index (χ2v) is 6.06. The van der Waals surface area contributed by atoms with Crippen LogP contribution in [0.3, 0.4) is 0 Å². The molecule has 1 heterocycles. The molecule has 0 bridgehead atoms. The zero-order valence-electron chi connectivity index (χ0n) is 13.5. The van der Waals surface area contributed by atoms with E-state index in [1.807, 2.05) is 24.3 Å². The van der Waals surface area contributed by atoms with E-state index in [4.69, 9.17) is 5.73 Å². The molecule has 5 heteroatoms. The molecule has 23 heavy (non-hydrogen) atoms. The standard InChI is InChI=1S/C18H25N5/c19-18(22-15-7-2-1-3-8-15)21-13-12-20-17-11-10-14-6-4-5-9-16(14)23-17/h4-6,9-11,15H,1-3,7-8,12-13H2,(H,20,23)(H3,19,21,22). The SMILES string of the molecule is NC(=NCCNc1ccc2ccccc2n1)NC1CCCCC1. The zero-order valence-corrected chi connectivity index (χ0v) is 13.5. The molecule has 1 aromatic carbocycles. The highest BCUT2D eigenvalue weighted by molar-refractivity contribution is 5.80. The molecule has 1 aliphatic carbocycles. The van der Waals surface area contributed by atoms with Crippen molar-refractivity contribution in [3.63, 3.8) is 0 Å². The molecule has 5 nitrogen and oxygen atoms in total. The average Bonchev–Trinajstić information content (AvgIpc) is 2.59. The molecule has 4 N–H and O–H groups in total. The van der Waals surface area contributed by atoms with E-state index in [1.165, 1.54) is 32.1 Å². The summed E-state index contributed by atoms with van der Waals surface area (Å²) in [7, 11) is 0. The number of pyridine rings is 1. The number of rotatable bonds is 5. The van der Waals surface area contributed by atoms with E-state index in [1.54, 1.807) is 0 Å². The molecule has 1 aliphatic rings. The van der Waals surface area contributed by atoms with Crippen LogP contribution in [0.2, 0.25) is 0 Å². The van der Waals surface area contributed by atoms with Crippen LogP contribution >= 0.6 is 0 Å². The number of fused-ring (bicyclic) bond motifs is 1. The van der Waals surface area contributed by atoms with E-state index in [0.29, 0.717) is 18.5 Å². The number of nitrogens with two attached hydrogens (primary N) is 1. The van der Waals surface area contributed by atoms with Crippen LogP contribution in [0.25, 0.3) is 10.9 Å². The van der Waals surface area contributed by atoms with Crippen LogP contribution in [0.15, 0.2) is 41.4 Å². The van der Waals surface area contributed by atoms with Crippen molar-refractivity contribution in [1.29, 1.82) is 0 Å². The Morgan fingerprint density at radius 3 is 2.83 bits per heavy atom. The first-order chi connectivity index (χ1) is 11.3. The highest BCUT2D eigenvalue weighted by atomic mass is 15.1. The van der Waals surface area contributed by atoms with Gasteiger partial charge in [-0.25, -0.2) is 4.98 Å². The fourth-order valence-corrected chi connectivity index (χ4v) is 3.03. The van der Waals surface area contributed by atoms with Gasteiger partial charge in [-0.1, -0.05) is 37.5 Å². The lowest BCUT2D eigenvalue weighted by Gasteiger charge is -2.23. The normalized spacial score (nSPS) is 16.4. The summed E-state index contributed by atoms with van der Waals surface area (Å²) < 4.78 is 0. The third kappa shape index (κ3) is 4.58. The van der Waals surface area contributed by atoms with E-state index < -0.39 is 0 Å². The molecule has 1 fully saturated rings. The second kappa shape index (κ2) is 7.81. The molecule has 0 atom stereocenters. The fourth-order valence-electron chi connectivity index (χ4n) is 3.03. The maximum absolute atomic E-state index is 5.95. The number of hydrogen-bond acceptors (Lipinski definition) is 3. The predicted octanol–water partition coefficient (Wildman–Crippen LogP) is 2.88. The maximum Gasteiger partial charge on any atom is 0.188 e. The highest BCUT2D eigenvalue weighted by Crippen LogP contribution is 2.17. The minimum absolute atomic E-state index is 0.502. The molecule has 1 saturated carbocycles. The molecular formula is C18H25N5. The third-order valence-electron chi connectivity index (χ3n) is 4.26. The van der Waals surface area contributed by atoms with Crippen molar-refractivity contribution in [1.82, 2.24) is 10.3 Å². The molecule has 2 aromatic rings. The number of aromatic nitrogens is 1. The first-order valence-electron chi connectivity index (χ1n) is 8.47. The van der Waals surface area contributed by atoms with Crippen LogP contribution in [0.5, 0.6) is 0 Å². The minimum atomic E-state index is 0.502. The largest absolute Gasteiger partial charge is 0.370 e. The average molecular weight is 311 g/mol. The zero-order chi connectivity index (χ0) is 15.9. The lowest BCUT2D eigenvalue weighted by Crippen LogP contribution is -2.41.